The van der Waals surface area contributed by atoms with E-state index in [4.69, 9.17) is 4.74 Å². The first-order valence-electron chi connectivity index (χ1n) is 16.1. The Kier molecular flexibility index (Phi) is 7.93. The van der Waals surface area contributed by atoms with Crippen LogP contribution in [-0.2, 0) is 0 Å². The molecule has 4 saturated carbocycles. The number of benzene rings is 1. The number of rotatable bonds is 8. The van der Waals surface area contributed by atoms with Gasteiger partial charge < -0.3 is 4.74 Å². The zero-order valence-electron chi connectivity index (χ0n) is 25.0. The number of hydrogen-bond acceptors (Lipinski definition) is 1. The summed E-state index contributed by atoms with van der Waals surface area (Å²) in [5.74, 6) is 6.98. The summed E-state index contributed by atoms with van der Waals surface area (Å²) < 4.78 is 7.01. The lowest BCUT2D eigenvalue weighted by molar-refractivity contribution is -0.115. The molecule has 0 radical (unpaired) electrons. The Balaban J connectivity index is 1.41. The molecule has 1 heteroatoms. The van der Waals surface area contributed by atoms with Crippen LogP contribution in [0.2, 0.25) is 0 Å². The van der Waals surface area contributed by atoms with Gasteiger partial charge in [0.1, 0.15) is 11.9 Å². The summed E-state index contributed by atoms with van der Waals surface area (Å²) in [5, 5.41) is 0. The zero-order chi connectivity index (χ0) is 26.4. The molecule has 4 aliphatic carbocycles. The maximum atomic E-state index is 7.01. The minimum absolute atomic E-state index is 0.357. The summed E-state index contributed by atoms with van der Waals surface area (Å²) in [6.07, 6.45) is 17.5. The van der Waals surface area contributed by atoms with Gasteiger partial charge in [-0.05, 0) is 116 Å². The van der Waals surface area contributed by atoms with Gasteiger partial charge in [0.2, 0.25) is 0 Å². The highest BCUT2D eigenvalue weighted by Crippen LogP contribution is 2.68. The summed E-state index contributed by atoms with van der Waals surface area (Å²) in [6, 6.07) is 8.80. The molecule has 0 bridgehead atoms. The second kappa shape index (κ2) is 10.7. The van der Waals surface area contributed by atoms with Crippen LogP contribution in [0, 0.1) is 52.3 Å². The molecule has 0 saturated heterocycles. The highest BCUT2D eigenvalue weighted by molar-refractivity contribution is 5.61. The van der Waals surface area contributed by atoms with E-state index in [1.807, 2.05) is 0 Å². The van der Waals surface area contributed by atoms with Crippen LogP contribution in [0.15, 0.2) is 30.8 Å². The summed E-state index contributed by atoms with van der Waals surface area (Å²) in [7, 11) is 0. The molecule has 1 aromatic rings. The molecular weight excluding hydrogens is 448 g/mol. The monoisotopic (exact) mass is 504 g/mol. The second-order valence-electron chi connectivity index (χ2n) is 15.0. The molecule has 0 amide bonds. The molecule has 1 nitrogen and oxygen atoms in total. The van der Waals surface area contributed by atoms with Gasteiger partial charge in [0.15, 0.2) is 0 Å². The van der Waals surface area contributed by atoms with Crippen molar-refractivity contribution in [2.24, 2.45) is 52.3 Å². The van der Waals surface area contributed by atoms with Crippen molar-refractivity contribution in [1.82, 2.24) is 0 Å². The first-order chi connectivity index (χ1) is 17.6. The van der Waals surface area contributed by atoms with Crippen molar-refractivity contribution < 1.29 is 4.74 Å². The Bertz CT molecular complexity index is 928. The van der Waals surface area contributed by atoms with E-state index in [0.29, 0.717) is 22.9 Å². The lowest BCUT2D eigenvalue weighted by Crippen LogP contribution is -2.53. The van der Waals surface area contributed by atoms with E-state index in [0.717, 1.165) is 46.8 Å². The van der Waals surface area contributed by atoms with Gasteiger partial charge in [-0.25, -0.2) is 0 Å². The maximum absolute atomic E-state index is 7.01. The van der Waals surface area contributed by atoms with Gasteiger partial charge in [0.25, 0.3) is 0 Å². The topological polar surface area (TPSA) is 9.23 Å². The van der Waals surface area contributed by atoms with Gasteiger partial charge >= 0.3 is 0 Å². The van der Waals surface area contributed by atoms with E-state index in [1.165, 1.54) is 82.6 Å². The number of allylic oxidation sites excluding steroid dienone is 1. The molecule has 4 aliphatic rings. The smallest absolute Gasteiger partial charge is 0.119 e. The zero-order valence-corrected chi connectivity index (χ0v) is 25.0. The average Bonchev–Trinajstić information content (AvgIpc) is 3.15. The molecule has 1 aromatic carbocycles. The fourth-order valence-electron chi connectivity index (χ4n) is 10.5. The van der Waals surface area contributed by atoms with Crippen LogP contribution in [0.5, 0.6) is 5.75 Å². The van der Waals surface area contributed by atoms with E-state index in [9.17, 15) is 0 Å². The van der Waals surface area contributed by atoms with Crippen LogP contribution < -0.4 is 4.74 Å². The first-order valence-corrected chi connectivity index (χ1v) is 16.1. The summed E-state index contributed by atoms with van der Waals surface area (Å²) in [5.41, 5.74) is 3.38. The Morgan fingerprint density at radius 2 is 1.68 bits per heavy atom. The molecule has 4 fully saturated rings. The fourth-order valence-corrected chi connectivity index (χ4v) is 10.5. The van der Waals surface area contributed by atoms with Gasteiger partial charge in [-0.2, -0.15) is 0 Å². The number of ether oxygens (including phenoxy) is 1. The molecular formula is C36H56O. The van der Waals surface area contributed by atoms with Crippen molar-refractivity contribution in [3.05, 3.63) is 36.4 Å². The van der Waals surface area contributed by atoms with Gasteiger partial charge in [0, 0.05) is 5.92 Å². The standard InChI is InChI=1S/C36H56O/c1-24(2)11-10-12-26(5)34-33(37-29-17-14-27(15-18-29)25(3)4)23-32-30-19-16-28-13-8-9-21-35(28,6)31(30)20-22-36(32,34)7/h14-15,17-18,24,26,28,30-34H,3,8-13,16,19-23H2,1-2,4-7H3/t26-,28?,30-,31+,32+,33?,34+,35+,36+/m1/s1. The molecule has 9 atom stereocenters. The molecule has 2 unspecified atom stereocenters. The number of hydrogen-bond donors (Lipinski definition) is 0. The van der Waals surface area contributed by atoms with Crippen LogP contribution in [0.1, 0.15) is 124 Å². The van der Waals surface area contributed by atoms with Gasteiger partial charge in [-0.3, -0.25) is 0 Å². The Morgan fingerprint density at radius 3 is 2.38 bits per heavy atom. The van der Waals surface area contributed by atoms with Gasteiger partial charge in [-0.1, -0.05) is 91.0 Å². The van der Waals surface area contributed by atoms with Crippen LogP contribution in [0.25, 0.3) is 5.57 Å². The number of fused-ring (bicyclic) bond motifs is 5. The highest BCUT2D eigenvalue weighted by Gasteiger charge is 2.63. The summed E-state index contributed by atoms with van der Waals surface area (Å²) >= 11 is 0. The molecule has 206 valence electrons. The van der Waals surface area contributed by atoms with E-state index in [2.05, 4.69) is 72.4 Å². The lowest BCUT2D eigenvalue weighted by atomic mass is 9.44. The van der Waals surface area contributed by atoms with Gasteiger partial charge in [-0.15, -0.1) is 0 Å². The van der Waals surface area contributed by atoms with E-state index in [-0.39, 0.29) is 0 Å². The van der Waals surface area contributed by atoms with Crippen LogP contribution >= 0.6 is 0 Å². The summed E-state index contributed by atoms with van der Waals surface area (Å²) in [6.45, 7) is 19.0. The van der Waals surface area contributed by atoms with Crippen LogP contribution in [0.4, 0.5) is 0 Å². The van der Waals surface area contributed by atoms with Crippen LogP contribution in [-0.4, -0.2) is 6.10 Å². The van der Waals surface area contributed by atoms with Crippen LogP contribution in [0.3, 0.4) is 0 Å². The first kappa shape index (κ1) is 27.3. The average molecular weight is 505 g/mol. The molecule has 0 heterocycles. The minimum atomic E-state index is 0.357. The van der Waals surface area contributed by atoms with E-state index < -0.39 is 0 Å². The van der Waals surface area contributed by atoms with Gasteiger partial charge in [0.05, 0.1) is 0 Å². The van der Waals surface area contributed by atoms with Crippen molar-refractivity contribution in [2.45, 2.75) is 125 Å². The molecule has 0 spiro atoms. The molecule has 37 heavy (non-hydrogen) atoms. The third-order valence-electron chi connectivity index (χ3n) is 12.4. The Hall–Kier alpha value is -1.24. The van der Waals surface area contributed by atoms with E-state index >= 15 is 0 Å². The minimum Gasteiger partial charge on any atom is -0.490 e. The predicted molar refractivity (Wildman–Crippen MR) is 159 cm³/mol. The molecule has 0 aliphatic heterocycles. The van der Waals surface area contributed by atoms with Crippen molar-refractivity contribution in [2.75, 3.05) is 0 Å². The van der Waals surface area contributed by atoms with Crippen molar-refractivity contribution in [3.63, 3.8) is 0 Å². The van der Waals surface area contributed by atoms with Crippen molar-refractivity contribution in [1.29, 1.82) is 0 Å². The largest absolute Gasteiger partial charge is 0.490 e. The molecule has 5 rings (SSSR count). The predicted octanol–water partition coefficient (Wildman–Crippen LogP) is 10.6. The molecule has 0 aromatic heterocycles. The third kappa shape index (κ3) is 5.07. The normalized spacial score (nSPS) is 40.0. The SMILES string of the molecule is C=C(C)c1ccc(OC2C[C@H]3[C@@H]4CCC5CCCC[C@]5(C)[C@H]4CC[C@]3(C)[C@H]2[C@H](C)CCCC(C)C)cc1. The highest BCUT2D eigenvalue weighted by atomic mass is 16.5. The molecule has 0 N–H and O–H groups in total. The quantitative estimate of drug-likeness (QED) is 0.342. The maximum Gasteiger partial charge on any atom is 0.119 e. The Morgan fingerprint density at radius 1 is 0.919 bits per heavy atom. The summed E-state index contributed by atoms with van der Waals surface area (Å²) in [4.78, 5) is 0. The van der Waals surface area contributed by atoms with E-state index in [1.54, 1.807) is 0 Å². The van der Waals surface area contributed by atoms with Crippen molar-refractivity contribution >= 4 is 5.57 Å². The fraction of sp³-hybridized carbons (Fsp3) is 0.778. The van der Waals surface area contributed by atoms with Crippen molar-refractivity contribution in [3.8, 4) is 5.75 Å². The lowest BCUT2D eigenvalue weighted by Gasteiger charge is -2.60. The second-order valence-corrected chi connectivity index (χ2v) is 15.0. The third-order valence-corrected chi connectivity index (χ3v) is 12.4. The Labute approximate surface area is 229 Å².